The van der Waals surface area contributed by atoms with Crippen LogP contribution in [0.2, 0.25) is 0 Å². The minimum atomic E-state index is -0.882. The molecule has 0 aromatic carbocycles. The van der Waals surface area contributed by atoms with Gasteiger partial charge in [-0.3, -0.25) is 4.79 Å². The molecule has 0 N–H and O–H groups in total. The van der Waals surface area contributed by atoms with Crippen molar-refractivity contribution in [3.63, 3.8) is 0 Å². The van der Waals surface area contributed by atoms with Gasteiger partial charge in [-0.2, -0.15) is 0 Å². The maximum Gasteiger partial charge on any atom is 0.510 e. The first-order valence-electron chi connectivity index (χ1n) is 11.8. The van der Waals surface area contributed by atoms with Crippen LogP contribution in [0.4, 0.5) is 4.79 Å². The summed E-state index contributed by atoms with van der Waals surface area (Å²) in [4.78, 5) is 24.5. The fraction of sp³-hybridized carbons (Fsp3) is 0.769. The molecule has 4 heteroatoms. The van der Waals surface area contributed by atoms with Gasteiger partial charge in [-0.15, -0.1) is 6.42 Å². The van der Waals surface area contributed by atoms with E-state index in [2.05, 4.69) is 19.8 Å². The van der Waals surface area contributed by atoms with Gasteiger partial charge in [0.2, 0.25) is 0 Å². The summed E-state index contributed by atoms with van der Waals surface area (Å²) in [6.45, 7) is 8.48. The molecule has 0 bridgehead atoms. The first kappa shape index (κ1) is 21.5. The van der Waals surface area contributed by atoms with Crippen molar-refractivity contribution in [1.82, 2.24) is 0 Å². The van der Waals surface area contributed by atoms with Crippen molar-refractivity contribution in [3.05, 3.63) is 11.6 Å². The molecule has 3 fully saturated rings. The topological polar surface area (TPSA) is 52.6 Å². The molecular weight excluding hydrogens is 376 g/mol. The third-order valence-electron chi connectivity index (χ3n) is 9.44. The zero-order valence-electron chi connectivity index (χ0n) is 19.0. The van der Waals surface area contributed by atoms with E-state index < -0.39 is 11.8 Å². The number of ketones is 1. The summed E-state index contributed by atoms with van der Waals surface area (Å²) in [5.74, 6) is 4.83. The number of terminal acetylenes is 1. The lowest BCUT2D eigenvalue weighted by Gasteiger charge is -2.58. The average Bonchev–Trinajstić information content (AvgIpc) is 3.01. The fourth-order valence-electron chi connectivity index (χ4n) is 7.41. The van der Waals surface area contributed by atoms with Crippen molar-refractivity contribution >= 4 is 11.9 Å². The van der Waals surface area contributed by atoms with E-state index in [0.29, 0.717) is 36.4 Å². The van der Waals surface area contributed by atoms with Gasteiger partial charge in [-0.1, -0.05) is 32.3 Å². The van der Waals surface area contributed by atoms with Crippen LogP contribution in [-0.4, -0.2) is 23.6 Å². The molecule has 0 saturated heterocycles. The number of hydrogen-bond acceptors (Lipinski definition) is 4. The fourth-order valence-corrected chi connectivity index (χ4v) is 7.41. The Kier molecular flexibility index (Phi) is 5.32. The molecule has 0 heterocycles. The van der Waals surface area contributed by atoms with E-state index in [1.807, 2.05) is 19.9 Å². The maximum atomic E-state index is 12.5. The normalized spacial score (nSPS) is 43.4. The van der Waals surface area contributed by atoms with E-state index in [9.17, 15) is 9.59 Å². The van der Waals surface area contributed by atoms with Crippen LogP contribution < -0.4 is 0 Å². The van der Waals surface area contributed by atoms with E-state index in [0.717, 1.165) is 44.9 Å². The minimum absolute atomic E-state index is 0.135. The van der Waals surface area contributed by atoms with Crippen molar-refractivity contribution in [2.24, 2.45) is 28.6 Å². The molecule has 0 amide bonds. The highest BCUT2D eigenvalue weighted by Crippen LogP contribution is 2.68. The minimum Gasteiger partial charge on any atom is -0.431 e. The second kappa shape index (κ2) is 7.43. The number of rotatable bonds is 3. The SMILES string of the molecule is C#CC1(OC(=O)OC(C)CC)CCC2C3CCC4=CC(=O)CCC4(C)C3CCC21C. The van der Waals surface area contributed by atoms with Gasteiger partial charge in [0, 0.05) is 11.8 Å². The van der Waals surface area contributed by atoms with E-state index in [4.69, 9.17) is 15.9 Å². The number of hydrogen-bond donors (Lipinski definition) is 0. The second-order valence-electron chi connectivity index (χ2n) is 10.6. The van der Waals surface area contributed by atoms with Gasteiger partial charge >= 0.3 is 6.16 Å². The van der Waals surface area contributed by atoms with Crippen LogP contribution in [0, 0.1) is 40.9 Å². The Bertz CT molecular complexity index is 806. The number of carbonyl (C=O) groups excluding carboxylic acids is 2. The summed E-state index contributed by atoms with van der Waals surface area (Å²) in [5, 5.41) is 0. The van der Waals surface area contributed by atoms with Crippen LogP contribution in [-0.2, 0) is 14.3 Å². The van der Waals surface area contributed by atoms with Gasteiger partial charge in [0.05, 0.1) is 0 Å². The quantitative estimate of drug-likeness (QED) is 0.431. The lowest BCUT2D eigenvalue weighted by molar-refractivity contribution is -0.123. The molecule has 4 aliphatic rings. The smallest absolute Gasteiger partial charge is 0.431 e. The number of carbonyl (C=O) groups is 2. The van der Waals surface area contributed by atoms with Crippen molar-refractivity contribution in [1.29, 1.82) is 0 Å². The summed E-state index contributed by atoms with van der Waals surface area (Å²) in [7, 11) is 0. The van der Waals surface area contributed by atoms with Gasteiger partial charge in [0.15, 0.2) is 11.4 Å². The summed E-state index contributed by atoms with van der Waals surface area (Å²) in [5.41, 5.74) is 0.403. The molecule has 7 unspecified atom stereocenters. The van der Waals surface area contributed by atoms with Gasteiger partial charge in [0.25, 0.3) is 0 Å². The predicted octanol–water partition coefficient (Wildman–Crippen LogP) is 5.84. The van der Waals surface area contributed by atoms with Gasteiger partial charge in [-0.05, 0) is 87.5 Å². The molecule has 30 heavy (non-hydrogen) atoms. The van der Waals surface area contributed by atoms with E-state index in [-0.39, 0.29) is 16.9 Å². The van der Waals surface area contributed by atoms with Crippen LogP contribution in [0.15, 0.2) is 11.6 Å². The molecule has 0 spiro atoms. The molecule has 0 aromatic heterocycles. The van der Waals surface area contributed by atoms with Crippen molar-refractivity contribution in [2.75, 3.05) is 0 Å². The molecule has 4 aliphatic carbocycles. The third kappa shape index (κ3) is 3.03. The molecule has 0 aromatic rings. The Morgan fingerprint density at radius 2 is 1.93 bits per heavy atom. The summed E-state index contributed by atoms with van der Waals surface area (Å²) >= 11 is 0. The Morgan fingerprint density at radius 1 is 1.20 bits per heavy atom. The Labute approximate surface area is 181 Å². The summed E-state index contributed by atoms with van der Waals surface area (Å²) < 4.78 is 11.4. The molecule has 0 radical (unpaired) electrons. The highest BCUT2D eigenvalue weighted by molar-refractivity contribution is 5.91. The number of ether oxygens (including phenoxy) is 2. The van der Waals surface area contributed by atoms with Gasteiger partial charge in [-0.25, -0.2) is 4.79 Å². The first-order valence-corrected chi connectivity index (χ1v) is 11.8. The largest absolute Gasteiger partial charge is 0.510 e. The number of allylic oxidation sites excluding steroid dienone is 1. The van der Waals surface area contributed by atoms with Crippen LogP contribution in [0.25, 0.3) is 0 Å². The van der Waals surface area contributed by atoms with Crippen molar-refractivity contribution in [2.45, 2.75) is 97.2 Å². The summed E-state index contributed by atoms with van der Waals surface area (Å²) in [6.07, 6.45) is 15.4. The summed E-state index contributed by atoms with van der Waals surface area (Å²) in [6, 6.07) is 0. The van der Waals surface area contributed by atoms with Gasteiger partial charge in [0.1, 0.15) is 6.10 Å². The Hall–Kier alpha value is -1.76. The zero-order chi connectivity index (χ0) is 21.7. The standard InChI is InChI=1S/C26H36O4/c1-6-17(3)29-23(28)30-26(7-2)15-12-22-20-9-8-18-16-19(27)10-13-24(18,4)21(20)11-14-25(22,26)5/h2,16-17,20-22H,6,8-15H2,1,3-5H3. The Balaban J connectivity index is 1.59. The highest BCUT2D eigenvalue weighted by Gasteiger charge is 2.66. The van der Waals surface area contributed by atoms with Crippen molar-refractivity contribution in [3.8, 4) is 12.3 Å². The van der Waals surface area contributed by atoms with E-state index in [1.165, 1.54) is 5.57 Å². The van der Waals surface area contributed by atoms with Crippen LogP contribution >= 0.6 is 0 Å². The first-order chi connectivity index (χ1) is 14.2. The molecule has 0 aliphatic heterocycles. The molecular formula is C26H36O4. The lowest BCUT2D eigenvalue weighted by Crippen LogP contribution is -2.55. The average molecular weight is 413 g/mol. The second-order valence-corrected chi connectivity index (χ2v) is 10.6. The third-order valence-corrected chi connectivity index (χ3v) is 9.44. The lowest BCUT2D eigenvalue weighted by atomic mass is 9.46. The molecule has 4 nitrogen and oxygen atoms in total. The zero-order valence-corrected chi connectivity index (χ0v) is 19.0. The number of fused-ring (bicyclic) bond motifs is 5. The van der Waals surface area contributed by atoms with Crippen LogP contribution in [0.1, 0.15) is 85.5 Å². The molecule has 4 rings (SSSR count). The highest BCUT2D eigenvalue weighted by atomic mass is 16.7. The van der Waals surface area contributed by atoms with E-state index >= 15 is 0 Å². The molecule has 7 atom stereocenters. The predicted molar refractivity (Wildman–Crippen MR) is 116 cm³/mol. The van der Waals surface area contributed by atoms with E-state index in [1.54, 1.807) is 0 Å². The maximum absolute atomic E-state index is 12.5. The molecule has 164 valence electrons. The molecule has 3 saturated carbocycles. The Morgan fingerprint density at radius 3 is 2.63 bits per heavy atom. The van der Waals surface area contributed by atoms with Crippen LogP contribution in [0.3, 0.4) is 0 Å². The van der Waals surface area contributed by atoms with Crippen molar-refractivity contribution < 1.29 is 19.1 Å². The monoisotopic (exact) mass is 412 g/mol. The van der Waals surface area contributed by atoms with Gasteiger partial charge < -0.3 is 9.47 Å². The van der Waals surface area contributed by atoms with Crippen LogP contribution in [0.5, 0.6) is 0 Å².